The Morgan fingerprint density at radius 3 is 2.71 bits per heavy atom. The minimum atomic E-state index is -3.13. The van der Waals surface area contributed by atoms with E-state index < -0.39 is 60.7 Å². The molecule has 0 unspecified atom stereocenters. The number of rotatable bonds is 7. The Hall–Kier alpha value is -3.44. The SMILES string of the molecule is NC1=N[C@](CF)(c2cc(NC(=O)c3cnc(OCC4CC4)cn3)ccc2F)[C@H]2CC(F)(F)C[C@H]2O1. The first kappa shape index (κ1) is 23.3. The van der Waals surface area contributed by atoms with Crippen molar-refractivity contribution >= 4 is 17.6 Å². The molecular weight excluding hydrogens is 470 g/mol. The Morgan fingerprint density at radius 2 is 2.03 bits per heavy atom. The van der Waals surface area contributed by atoms with Crippen LogP contribution in [-0.4, -0.2) is 47.2 Å². The Morgan fingerprint density at radius 1 is 1.23 bits per heavy atom. The van der Waals surface area contributed by atoms with Gasteiger partial charge in [-0.3, -0.25) is 4.79 Å². The highest BCUT2D eigenvalue weighted by Crippen LogP contribution is 2.53. The average molecular weight is 493 g/mol. The summed E-state index contributed by atoms with van der Waals surface area (Å²) in [5.41, 5.74) is 3.41. The molecule has 3 atom stereocenters. The van der Waals surface area contributed by atoms with Gasteiger partial charge in [-0.1, -0.05) is 0 Å². The molecule has 12 heteroatoms. The number of alkyl halides is 3. The highest BCUT2D eigenvalue weighted by atomic mass is 19.3. The van der Waals surface area contributed by atoms with Crippen molar-refractivity contribution in [1.29, 1.82) is 0 Å². The highest BCUT2D eigenvalue weighted by Gasteiger charge is 2.60. The molecular formula is C23H23F4N5O3. The van der Waals surface area contributed by atoms with E-state index in [0.29, 0.717) is 18.4 Å². The van der Waals surface area contributed by atoms with Crippen molar-refractivity contribution in [3.05, 3.63) is 47.7 Å². The van der Waals surface area contributed by atoms with Gasteiger partial charge in [0, 0.05) is 30.0 Å². The molecule has 2 fully saturated rings. The molecule has 1 aromatic carbocycles. The first-order valence-corrected chi connectivity index (χ1v) is 11.2. The van der Waals surface area contributed by atoms with Crippen molar-refractivity contribution in [1.82, 2.24) is 9.97 Å². The maximum atomic E-state index is 14.9. The molecule has 3 N–H and O–H groups in total. The van der Waals surface area contributed by atoms with Crippen LogP contribution in [0, 0.1) is 17.7 Å². The van der Waals surface area contributed by atoms with Crippen LogP contribution >= 0.6 is 0 Å². The van der Waals surface area contributed by atoms with Gasteiger partial charge in [-0.2, -0.15) is 0 Å². The lowest BCUT2D eigenvalue weighted by atomic mass is 9.76. The van der Waals surface area contributed by atoms with Crippen LogP contribution in [-0.2, 0) is 10.3 Å². The second kappa shape index (κ2) is 8.65. The van der Waals surface area contributed by atoms with Crippen LogP contribution in [0.3, 0.4) is 0 Å². The number of carbonyl (C=O) groups excluding carboxylic acids is 1. The molecule has 0 saturated heterocycles. The van der Waals surface area contributed by atoms with Crippen LogP contribution in [0.25, 0.3) is 0 Å². The number of nitrogens with zero attached hydrogens (tertiary/aromatic N) is 3. The van der Waals surface area contributed by atoms with Gasteiger partial charge in [0.1, 0.15) is 29.8 Å². The molecule has 0 bridgehead atoms. The maximum Gasteiger partial charge on any atom is 0.283 e. The summed E-state index contributed by atoms with van der Waals surface area (Å²) in [6.45, 7) is -0.739. The normalized spacial score (nSPS) is 26.9. The fraction of sp³-hybridized carbons (Fsp3) is 0.478. The second-order valence-electron chi connectivity index (χ2n) is 9.18. The number of nitrogens with one attached hydrogen (secondary N) is 1. The molecule has 35 heavy (non-hydrogen) atoms. The number of aromatic nitrogens is 2. The van der Waals surface area contributed by atoms with Crippen molar-refractivity contribution in [2.75, 3.05) is 18.6 Å². The third-order valence-electron chi connectivity index (χ3n) is 6.58. The van der Waals surface area contributed by atoms with Crippen LogP contribution in [0.15, 0.2) is 35.6 Å². The van der Waals surface area contributed by atoms with Gasteiger partial charge in [-0.15, -0.1) is 0 Å². The van der Waals surface area contributed by atoms with E-state index in [9.17, 15) is 22.4 Å². The lowest BCUT2D eigenvalue weighted by Crippen LogP contribution is -2.48. The predicted octanol–water partition coefficient (Wildman–Crippen LogP) is 3.58. The molecule has 0 spiro atoms. The summed E-state index contributed by atoms with van der Waals surface area (Å²) in [5.74, 6) is -4.99. The van der Waals surface area contributed by atoms with Crippen molar-refractivity contribution in [3.8, 4) is 5.88 Å². The molecule has 3 aliphatic rings. The first-order chi connectivity index (χ1) is 16.7. The summed E-state index contributed by atoms with van der Waals surface area (Å²) in [6.07, 6.45) is 2.27. The number of amides is 1. The van der Waals surface area contributed by atoms with Crippen LogP contribution in [0.5, 0.6) is 5.88 Å². The van der Waals surface area contributed by atoms with E-state index in [1.54, 1.807) is 0 Å². The second-order valence-corrected chi connectivity index (χ2v) is 9.18. The molecule has 1 aromatic heterocycles. The highest BCUT2D eigenvalue weighted by molar-refractivity contribution is 6.02. The molecule has 1 aliphatic heterocycles. The van der Waals surface area contributed by atoms with E-state index in [4.69, 9.17) is 15.2 Å². The Kier molecular flexibility index (Phi) is 5.76. The van der Waals surface area contributed by atoms with Crippen molar-refractivity contribution in [2.45, 2.75) is 43.2 Å². The summed E-state index contributed by atoms with van der Waals surface area (Å²) in [7, 11) is 0. The number of hydrogen-bond acceptors (Lipinski definition) is 7. The standard InChI is InChI=1S/C23H23F4N5O3/c24-11-23(15-6-22(26,27)7-18(15)35-21(28)32-23)14-5-13(3-4-16(14)25)31-20(33)17-8-30-19(9-29-17)34-10-12-1-2-12/h3-5,8-9,12,15,18H,1-2,6-7,10-11H2,(H2,28,32)(H,31,33)/t15-,18+,23+/m0/s1. The summed E-state index contributed by atoms with van der Waals surface area (Å²) in [6, 6.07) is 2.94. The third-order valence-corrected chi connectivity index (χ3v) is 6.58. The summed E-state index contributed by atoms with van der Waals surface area (Å²) in [4.78, 5) is 24.7. The lowest BCUT2D eigenvalue weighted by molar-refractivity contribution is -0.00299. The number of fused-ring (bicyclic) bond motifs is 1. The van der Waals surface area contributed by atoms with E-state index in [1.165, 1.54) is 24.5 Å². The van der Waals surface area contributed by atoms with Crippen molar-refractivity contribution < 1.29 is 31.8 Å². The van der Waals surface area contributed by atoms with Gasteiger partial charge in [0.05, 0.1) is 19.0 Å². The fourth-order valence-electron chi connectivity index (χ4n) is 4.62. The van der Waals surface area contributed by atoms with Gasteiger partial charge in [-0.05, 0) is 37.0 Å². The monoisotopic (exact) mass is 493 g/mol. The smallest absolute Gasteiger partial charge is 0.283 e. The fourth-order valence-corrected chi connectivity index (χ4v) is 4.62. The zero-order valence-corrected chi connectivity index (χ0v) is 18.5. The van der Waals surface area contributed by atoms with Gasteiger partial charge < -0.3 is 20.5 Å². The predicted molar refractivity (Wildman–Crippen MR) is 116 cm³/mol. The molecule has 186 valence electrons. The Bertz CT molecular complexity index is 1160. The largest absolute Gasteiger partial charge is 0.476 e. The number of ether oxygens (including phenoxy) is 2. The summed E-state index contributed by atoms with van der Waals surface area (Å²) < 4.78 is 68.5. The maximum absolute atomic E-state index is 14.9. The Balaban J connectivity index is 1.39. The number of aliphatic imine (C=N–C) groups is 1. The molecule has 2 aromatic rings. The number of halogens is 4. The first-order valence-electron chi connectivity index (χ1n) is 11.2. The zero-order valence-electron chi connectivity index (χ0n) is 18.5. The average Bonchev–Trinajstić information content (AvgIpc) is 3.59. The van der Waals surface area contributed by atoms with Crippen LogP contribution in [0.1, 0.15) is 41.7 Å². The number of anilines is 1. The van der Waals surface area contributed by atoms with E-state index in [-0.39, 0.29) is 16.9 Å². The molecule has 2 aliphatic carbocycles. The van der Waals surface area contributed by atoms with Crippen LogP contribution in [0.2, 0.25) is 0 Å². The minimum Gasteiger partial charge on any atom is -0.476 e. The van der Waals surface area contributed by atoms with Crippen LogP contribution in [0.4, 0.5) is 23.2 Å². The van der Waals surface area contributed by atoms with Crippen LogP contribution < -0.4 is 15.8 Å². The number of amidine groups is 1. The quantitative estimate of drug-likeness (QED) is 0.571. The molecule has 5 rings (SSSR count). The van der Waals surface area contributed by atoms with Crippen molar-refractivity contribution in [3.63, 3.8) is 0 Å². The summed E-state index contributed by atoms with van der Waals surface area (Å²) >= 11 is 0. The van der Waals surface area contributed by atoms with E-state index in [1.807, 2.05) is 0 Å². The molecule has 1 amide bonds. The van der Waals surface area contributed by atoms with Gasteiger partial charge in [-0.25, -0.2) is 32.5 Å². The Labute approximate surface area is 197 Å². The third kappa shape index (κ3) is 4.61. The number of nitrogens with two attached hydrogens (primary N) is 1. The molecule has 2 saturated carbocycles. The van der Waals surface area contributed by atoms with E-state index in [2.05, 4.69) is 20.3 Å². The summed E-state index contributed by atoms with van der Waals surface area (Å²) in [5, 5.41) is 2.54. The van der Waals surface area contributed by atoms with Gasteiger partial charge in [0.25, 0.3) is 17.9 Å². The topological polar surface area (TPSA) is 112 Å². The van der Waals surface area contributed by atoms with E-state index in [0.717, 1.165) is 18.9 Å². The van der Waals surface area contributed by atoms with E-state index >= 15 is 0 Å². The molecule has 0 radical (unpaired) electrons. The number of carbonyl (C=O) groups is 1. The minimum absolute atomic E-state index is 0.0290. The zero-order chi connectivity index (χ0) is 24.8. The molecule has 2 heterocycles. The van der Waals surface area contributed by atoms with Gasteiger partial charge >= 0.3 is 0 Å². The van der Waals surface area contributed by atoms with Gasteiger partial charge in [0.2, 0.25) is 5.88 Å². The van der Waals surface area contributed by atoms with Gasteiger partial charge in [0.15, 0.2) is 0 Å². The number of hydrogen-bond donors (Lipinski definition) is 2. The lowest BCUT2D eigenvalue weighted by Gasteiger charge is -2.40. The number of benzene rings is 1. The molecule has 8 nitrogen and oxygen atoms in total. The van der Waals surface area contributed by atoms with Crippen molar-refractivity contribution in [2.24, 2.45) is 22.6 Å².